The van der Waals surface area contributed by atoms with Gasteiger partial charge in [-0.1, -0.05) is 0 Å². The Morgan fingerprint density at radius 2 is 2.10 bits per heavy atom. The summed E-state index contributed by atoms with van der Waals surface area (Å²) in [6.45, 7) is 2.28. The number of carbonyl (C=O) groups excluding carboxylic acids is 2. The van der Waals surface area contributed by atoms with Crippen LogP contribution in [0.3, 0.4) is 0 Å². The molecular weight excluding hydrogens is 404 g/mol. The van der Waals surface area contributed by atoms with Gasteiger partial charge in [0.2, 0.25) is 11.8 Å². The van der Waals surface area contributed by atoms with Gasteiger partial charge in [0.05, 0.1) is 44.3 Å². The normalized spacial score (nSPS) is 18.9. The Morgan fingerprint density at radius 3 is 2.81 bits per heavy atom. The zero-order valence-corrected chi connectivity index (χ0v) is 17.9. The molecule has 2 heterocycles. The van der Waals surface area contributed by atoms with E-state index in [0.29, 0.717) is 30.4 Å². The van der Waals surface area contributed by atoms with E-state index < -0.39 is 6.09 Å². The van der Waals surface area contributed by atoms with Crippen LogP contribution in [0, 0.1) is 0 Å². The fourth-order valence-corrected chi connectivity index (χ4v) is 3.51. The molecule has 1 saturated carbocycles. The first kappa shape index (κ1) is 22.5. The van der Waals surface area contributed by atoms with Crippen molar-refractivity contribution in [3.63, 3.8) is 0 Å². The summed E-state index contributed by atoms with van der Waals surface area (Å²) in [6.07, 6.45) is 4.78. The van der Waals surface area contributed by atoms with Crippen LogP contribution in [-0.4, -0.2) is 65.1 Å². The second kappa shape index (κ2) is 10.7. The number of hydrogen-bond acceptors (Lipinski definition) is 8. The van der Waals surface area contributed by atoms with Crippen LogP contribution >= 0.6 is 0 Å². The van der Waals surface area contributed by atoms with Crippen molar-refractivity contribution in [3.05, 3.63) is 29.8 Å². The molecule has 3 atom stereocenters. The third-order valence-corrected chi connectivity index (χ3v) is 4.98. The molecule has 0 radical (unpaired) electrons. The SMILES string of the molecule is COC[C@H](C)NC(=O)O[C@@H]1CC[C@H](c2cc(NC(=O)Cc3cnc(OC)cn3)n[nH]2)C1. The van der Waals surface area contributed by atoms with E-state index in [4.69, 9.17) is 14.2 Å². The lowest BCUT2D eigenvalue weighted by Crippen LogP contribution is -2.37. The van der Waals surface area contributed by atoms with Gasteiger partial charge in [0, 0.05) is 24.8 Å². The van der Waals surface area contributed by atoms with Crippen LogP contribution in [0.25, 0.3) is 0 Å². The van der Waals surface area contributed by atoms with Crippen LogP contribution < -0.4 is 15.4 Å². The summed E-state index contributed by atoms with van der Waals surface area (Å²) in [4.78, 5) is 32.4. The van der Waals surface area contributed by atoms with E-state index in [1.807, 2.05) is 13.0 Å². The van der Waals surface area contributed by atoms with Crippen LogP contribution in [0.1, 0.15) is 43.5 Å². The minimum atomic E-state index is -0.436. The molecule has 31 heavy (non-hydrogen) atoms. The number of methoxy groups -OCH3 is 2. The van der Waals surface area contributed by atoms with Crippen molar-refractivity contribution in [2.75, 3.05) is 26.1 Å². The lowest BCUT2D eigenvalue weighted by Gasteiger charge is -2.16. The summed E-state index contributed by atoms with van der Waals surface area (Å²) in [5.41, 5.74) is 1.43. The first-order valence-electron chi connectivity index (χ1n) is 10.1. The highest BCUT2D eigenvalue weighted by molar-refractivity contribution is 5.91. The van der Waals surface area contributed by atoms with Crippen molar-refractivity contribution < 1.29 is 23.8 Å². The first-order chi connectivity index (χ1) is 15.0. The summed E-state index contributed by atoms with van der Waals surface area (Å²) >= 11 is 0. The Labute approximate surface area is 180 Å². The highest BCUT2D eigenvalue weighted by atomic mass is 16.6. The van der Waals surface area contributed by atoms with Crippen molar-refractivity contribution in [2.45, 2.75) is 50.7 Å². The third-order valence-electron chi connectivity index (χ3n) is 4.98. The Morgan fingerprint density at radius 1 is 1.26 bits per heavy atom. The number of amides is 2. The summed E-state index contributed by atoms with van der Waals surface area (Å²) in [5.74, 6) is 0.769. The highest BCUT2D eigenvalue weighted by Crippen LogP contribution is 2.35. The zero-order valence-electron chi connectivity index (χ0n) is 17.9. The molecule has 1 fully saturated rings. The molecule has 2 amide bonds. The van der Waals surface area contributed by atoms with Crippen molar-refractivity contribution >= 4 is 17.8 Å². The van der Waals surface area contributed by atoms with Gasteiger partial charge in [-0.05, 0) is 26.2 Å². The van der Waals surface area contributed by atoms with E-state index in [1.165, 1.54) is 19.5 Å². The maximum Gasteiger partial charge on any atom is 0.407 e. The Bertz CT molecular complexity index is 871. The molecule has 2 aromatic rings. The molecule has 0 bridgehead atoms. The average Bonchev–Trinajstić information content (AvgIpc) is 3.38. The van der Waals surface area contributed by atoms with E-state index in [0.717, 1.165) is 18.5 Å². The highest BCUT2D eigenvalue weighted by Gasteiger charge is 2.30. The number of aromatic amines is 1. The van der Waals surface area contributed by atoms with Gasteiger partial charge in [-0.25, -0.2) is 9.78 Å². The first-order valence-corrected chi connectivity index (χ1v) is 10.1. The van der Waals surface area contributed by atoms with E-state index in [1.54, 1.807) is 7.11 Å². The molecule has 1 aliphatic carbocycles. The fourth-order valence-electron chi connectivity index (χ4n) is 3.51. The molecule has 2 aromatic heterocycles. The van der Waals surface area contributed by atoms with Crippen molar-refractivity contribution in [3.8, 4) is 5.88 Å². The monoisotopic (exact) mass is 432 g/mol. The summed E-state index contributed by atoms with van der Waals surface area (Å²) in [6, 6.07) is 1.70. The van der Waals surface area contributed by atoms with Gasteiger partial charge in [-0.15, -0.1) is 0 Å². The number of alkyl carbamates (subject to hydrolysis) is 1. The topological polar surface area (TPSA) is 140 Å². The molecule has 168 valence electrons. The van der Waals surface area contributed by atoms with Crippen LogP contribution in [0.4, 0.5) is 10.6 Å². The van der Waals surface area contributed by atoms with E-state index >= 15 is 0 Å². The van der Waals surface area contributed by atoms with Crippen molar-refractivity contribution in [1.82, 2.24) is 25.5 Å². The number of anilines is 1. The largest absolute Gasteiger partial charge is 0.480 e. The summed E-state index contributed by atoms with van der Waals surface area (Å²) in [5, 5.41) is 12.6. The van der Waals surface area contributed by atoms with Crippen LogP contribution in [0.15, 0.2) is 18.5 Å². The molecule has 0 saturated heterocycles. The number of aromatic nitrogens is 4. The predicted molar refractivity (Wildman–Crippen MR) is 111 cm³/mol. The van der Waals surface area contributed by atoms with Crippen molar-refractivity contribution in [1.29, 1.82) is 0 Å². The Hall–Kier alpha value is -3.21. The van der Waals surface area contributed by atoms with Crippen LogP contribution in [0.5, 0.6) is 5.88 Å². The van der Waals surface area contributed by atoms with E-state index in [9.17, 15) is 9.59 Å². The van der Waals surface area contributed by atoms with E-state index in [-0.39, 0.29) is 30.4 Å². The quantitative estimate of drug-likeness (QED) is 0.545. The molecule has 0 spiro atoms. The van der Waals surface area contributed by atoms with Gasteiger partial charge in [-0.3, -0.25) is 14.9 Å². The van der Waals surface area contributed by atoms with Gasteiger partial charge < -0.3 is 24.8 Å². The summed E-state index contributed by atoms with van der Waals surface area (Å²) < 4.78 is 15.5. The number of carbonyl (C=O) groups is 2. The lowest BCUT2D eigenvalue weighted by atomic mass is 10.0. The molecule has 3 N–H and O–H groups in total. The minimum absolute atomic E-state index is 0.0785. The lowest BCUT2D eigenvalue weighted by molar-refractivity contribution is -0.115. The number of nitrogens with zero attached hydrogens (tertiary/aromatic N) is 3. The van der Waals surface area contributed by atoms with Gasteiger partial charge in [0.1, 0.15) is 6.10 Å². The molecule has 0 aliphatic heterocycles. The maximum atomic E-state index is 12.2. The molecular formula is C20H28N6O5. The van der Waals surface area contributed by atoms with Crippen LogP contribution in [0.2, 0.25) is 0 Å². The molecule has 1 aliphatic rings. The van der Waals surface area contributed by atoms with Gasteiger partial charge in [-0.2, -0.15) is 5.10 Å². The predicted octanol–water partition coefficient (Wildman–Crippen LogP) is 1.79. The standard InChI is InChI=1S/C20H28N6O5/c1-12(11-29-2)23-20(28)31-15-5-4-13(6-15)16-8-17(26-25-16)24-18(27)7-14-9-22-19(30-3)10-21-14/h8-10,12-13,15H,4-7,11H2,1-3H3,(H,23,28)(H2,24,25,26,27)/t12-,13-,15+/m0/s1. The summed E-state index contributed by atoms with van der Waals surface area (Å²) in [7, 11) is 3.09. The van der Waals surface area contributed by atoms with E-state index in [2.05, 4.69) is 30.8 Å². The van der Waals surface area contributed by atoms with Gasteiger partial charge in [0.15, 0.2) is 5.82 Å². The number of rotatable bonds is 9. The number of nitrogens with one attached hydrogen (secondary N) is 3. The second-order valence-corrected chi connectivity index (χ2v) is 7.52. The number of hydrogen-bond donors (Lipinski definition) is 3. The third kappa shape index (κ3) is 6.64. The van der Waals surface area contributed by atoms with Crippen molar-refractivity contribution in [2.24, 2.45) is 0 Å². The second-order valence-electron chi connectivity index (χ2n) is 7.52. The van der Waals surface area contributed by atoms with Crippen LogP contribution in [-0.2, 0) is 20.7 Å². The van der Waals surface area contributed by atoms with Gasteiger partial charge in [0.25, 0.3) is 0 Å². The maximum absolute atomic E-state index is 12.2. The minimum Gasteiger partial charge on any atom is -0.480 e. The molecule has 11 heteroatoms. The Kier molecular flexibility index (Phi) is 7.76. The zero-order chi connectivity index (χ0) is 22.2. The smallest absolute Gasteiger partial charge is 0.407 e. The Balaban J connectivity index is 1.46. The molecule has 3 rings (SSSR count). The number of ether oxygens (including phenoxy) is 3. The molecule has 0 aromatic carbocycles. The molecule has 11 nitrogen and oxygen atoms in total. The number of H-pyrrole nitrogens is 1. The molecule has 0 unspecified atom stereocenters. The van der Waals surface area contributed by atoms with Gasteiger partial charge >= 0.3 is 6.09 Å². The average molecular weight is 432 g/mol. The fraction of sp³-hybridized carbons (Fsp3) is 0.550.